The lowest BCUT2D eigenvalue weighted by molar-refractivity contribution is -0.341. The average molecular weight is 337 g/mol. The van der Waals surface area contributed by atoms with E-state index in [0.29, 0.717) is 12.8 Å². The van der Waals surface area contributed by atoms with Gasteiger partial charge in [0.15, 0.2) is 0 Å². The summed E-state index contributed by atoms with van der Waals surface area (Å²) in [4.78, 5) is 21.1. The summed E-state index contributed by atoms with van der Waals surface area (Å²) in [6.45, 7) is 3.61. The summed E-state index contributed by atoms with van der Waals surface area (Å²) in [6.07, 6.45) is -3.36. The Labute approximate surface area is 126 Å². The molecule has 0 aliphatic rings. The number of rotatable bonds is 6. The second-order valence-corrected chi connectivity index (χ2v) is 5.65. The van der Waals surface area contributed by atoms with E-state index in [1.54, 1.807) is 0 Å². The first-order valence-electron chi connectivity index (χ1n) is 6.54. The van der Waals surface area contributed by atoms with E-state index in [0.717, 1.165) is 12.1 Å². The van der Waals surface area contributed by atoms with Crippen LogP contribution in [0.3, 0.4) is 0 Å². The first kappa shape index (κ1) is 18.7. The average Bonchev–Trinajstić information content (AvgIpc) is 2.41. The fraction of sp³-hybridized carbons (Fsp3) is 0.462. The van der Waals surface area contributed by atoms with Gasteiger partial charge in [0.05, 0.1) is 11.3 Å². The van der Waals surface area contributed by atoms with E-state index in [1.807, 2.05) is 13.8 Å². The first-order chi connectivity index (χ1) is 10.1. The van der Waals surface area contributed by atoms with Crippen LogP contribution in [0.25, 0.3) is 0 Å². The van der Waals surface area contributed by atoms with Crippen molar-refractivity contribution in [3.05, 3.63) is 35.4 Å². The highest BCUT2D eigenvalue weighted by Gasteiger charge is 2.30. The second-order valence-electron chi connectivity index (χ2n) is 4.59. The number of benzene rings is 1. The molecule has 0 unspecified atom stereocenters. The van der Waals surface area contributed by atoms with Gasteiger partial charge in [0.2, 0.25) is 0 Å². The minimum atomic E-state index is -5.30. The molecule has 0 aliphatic heterocycles. The van der Waals surface area contributed by atoms with E-state index in [2.05, 4.69) is 9.78 Å². The lowest BCUT2D eigenvalue weighted by Crippen LogP contribution is -2.19. The molecule has 0 N–H and O–H groups in total. The van der Waals surface area contributed by atoms with Gasteiger partial charge in [-0.2, -0.15) is 13.2 Å². The number of halogens is 3. The van der Waals surface area contributed by atoms with Crippen molar-refractivity contribution in [3.63, 3.8) is 0 Å². The zero-order valence-electron chi connectivity index (χ0n) is 12.0. The summed E-state index contributed by atoms with van der Waals surface area (Å²) < 4.78 is 52.1. The van der Waals surface area contributed by atoms with Crippen LogP contribution in [0.15, 0.2) is 29.4 Å². The SMILES string of the molecule is CCC(CC)C(=NOP(=O)([O-])[O-])c1ccc(C(F)(F)F)cc1. The number of alkyl halides is 3. The highest BCUT2D eigenvalue weighted by molar-refractivity contribution is 7.43. The summed E-state index contributed by atoms with van der Waals surface area (Å²) in [5, 5.41) is 3.35. The van der Waals surface area contributed by atoms with Gasteiger partial charge in [-0.1, -0.05) is 31.1 Å². The summed E-state index contributed by atoms with van der Waals surface area (Å²) in [7, 11) is -5.30. The van der Waals surface area contributed by atoms with E-state index >= 15 is 0 Å². The molecule has 0 fully saturated rings. The number of nitrogens with zero attached hydrogens (tertiary/aromatic N) is 1. The van der Waals surface area contributed by atoms with Crippen LogP contribution in [0.1, 0.15) is 37.8 Å². The lowest BCUT2D eigenvalue weighted by Gasteiger charge is -2.26. The van der Waals surface area contributed by atoms with E-state index in [9.17, 15) is 27.5 Å². The topological polar surface area (TPSA) is 84.8 Å². The summed E-state index contributed by atoms with van der Waals surface area (Å²) >= 11 is 0. The summed E-state index contributed by atoms with van der Waals surface area (Å²) in [5.41, 5.74) is -0.430. The maximum absolute atomic E-state index is 12.5. The molecular weight excluding hydrogens is 322 g/mol. The van der Waals surface area contributed by atoms with Crippen molar-refractivity contribution in [1.82, 2.24) is 0 Å². The fourth-order valence-electron chi connectivity index (χ4n) is 1.96. The normalized spacial score (nSPS) is 13.5. The van der Waals surface area contributed by atoms with Crippen LogP contribution in [-0.2, 0) is 15.4 Å². The molecule has 0 saturated carbocycles. The molecule has 9 heteroatoms. The fourth-order valence-corrected chi connectivity index (χ4v) is 2.15. The molecule has 1 rings (SSSR count). The molecule has 0 heterocycles. The van der Waals surface area contributed by atoms with Crippen LogP contribution in [0.2, 0.25) is 0 Å². The Kier molecular flexibility index (Phi) is 6.17. The largest absolute Gasteiger partial charge is 0.778 e. The number of oxime groups is 1. The summed E-state index contributed by atoms with van der Waals surface area (Å²) in [6, 6.07) is 4.07. The molecule has 0 spiro atoms. The Morgan fingerprint density at radius 2 is 1.73 bits per heavy atom. The second kappa shape index (κ2) is 7.26. The number of hydrogen-bond donors (Lipinski definition) is 0. The maximum atomic E-state index is 12.5. The Hall–Kier alpha value is -1.37. The van der Waals surface area contributed by atoms with Gasteiger partial charge < -0.3 is 19.0 Å². The van der Waals surface area contributed by atoms with E-state index in [-0.39, 0.29) is 17.2 Å². The van der Waals surface area contributed by atoms with Gasteiger partial charge in [0.1, 0.15) is 7.82 Å². The molecule has 0 radical (unpaired) electrons. The molecule has 124 valence electrons. The molecule has 0 saturated heterocycles. The van der Waals surface area contributed by atoms with Crippen molar-refractivity contribution >= 4 is 13.5 Å². The highest BCUT2D eigenvalue weighted by Crippen LogP contribution is 2.31. The Morgan fingerprint density at radius 3 is 2.09 bits per heavy atom. The molecule has 0 atom stereocenters. The third-order valence-electron chi connectivity index (χ3n) is 3.12. The Bertz CT molecular complexity index is 562. The maximum Gasteiger partial charge on any atom is 0.416 e. The van der Waals surface area contributed by atoms with Crippen molar-refractivity contribution in [2.45, 2.75) is 32.9 Å². The zero-order chi connectivity index (χ0) is 17.0. The van der Waals surface area contributed by atoms with Crippen molar-refractivity contribution in [3.8, 4) is 0 Å². The van der Waals surface area contributed by atoms with Crippen LogP contribution >= 0.6 is 7.82 Å². The Morgan fingerprint density at radius 1 is 1.23 bits per heavy atom. The van der Waals surface area contributed by atoms with Gasteiger partial charge in [-0.05, 0) is 30.5 Å². The smallest absolute Gasteiger partial charge is 0.416 e. The van der Waals surface area contributed by atoms with Gasteiger partial charge in [0, 0.05) is 5.92 Å². The van der Waals surface area contributed by atoms with Crippen molar-refractivity contribution in [2.24, 2.45) is 11.1 Å². The number of hydrogen-bond acceptors (Lipinski definition) is 5. The van der Waals surface area contributed by atoms with Crippen molar-refractivity contribution in [2.75, 3.05) is 0 Å². The molecule has 0 aliphatic carbocycles. The minimum Gasteiger partial charge on any atom is -0.778 e. The predicted octanol–water partition coefficient (Wildman–Crippen LogP) is 2.69. The molecule has 0 aromatic heterocycles. The van der Waals surface area contributed by atoms with Crippen molar-refractivity contribution < 1.29 is 32.1 Å². The molecule has 0 bridgehead atoms. The molecule has 1 aromatic rings. The van der Waals surface area contributed by atoms with Gasteiger partial charge >= 0.3 is 6.18 Å². The van der Waals surface area contributed by atoms with Crippen LogP contribution < -0.4 is 9.79 Å². The van der Waals surface area contributed by atoms with E-state index in [4.69, 9.17) is 0 Å². The van der Waals surface area contributed by atoms with E-state index in [1.165, 1.54) is 12.1 Å². The summed E-state index contributed by atoms with van der Waals surface area (Å²) in [5.74, 6) is -0.247. The molecule has 0 amide bonds. The molecule has 22 heavy (non-hydrogen) atoms. The lowest BCUT2D eigenvalue weighted by atomic mass is 9.92. The minimum absolute atomic E-state index is 0.130. The van der Waals surface area contributed by atoms with Gasteiger partial charge in [-0.15, -0.1) is 0 Å². The van der Waals surface area contributed by atoms with Gasteiger partial charge in [0.25, 0.3) is 0 Å². The number of phosphoric acid groups is 1. The standard InChI is InChI=1S/C13H17F3NO4P/c1-3-9(4-2)12(17-21-22(18,19)20)10-5-7-11(8-6-10)13(14,15)16/h5-9H,3-4H2,1-2H3,(H2,18,19,20)/p-2. The zero-order valence-corrected chi connectivity index (χ0v) is 12.9. The van der Waals surface area contributed by atoms with Crippen LogP contribution in [0, 0.1) is 5.92 Å². The van der Waals surface area contributed by atoms with Gasteiger partial charge in [-0.3, -0.25) is 0 Å². The van der Waals surface area contributed by atoms with Crippen LogP contribution in [-0.4, -0.2) is 5.71 Å². The van der Waals surface area contributed by atoms with E-state index < -0.39 is 19.6 Å². The first-order valence-corrected chi connectivity index (χ1v) is 8.00. The third kappa shape index (κ3) is 5.44. The quantitative estimate of drug-likeness (QED) is 0.454. The van der Waals surface area contributed by atoms with Crippen LogP contribution in [0.4, 0.5) is 13.2 Å². The van der Waals surface area contributed by atoms with Crippen molar-refractivity contribution in [1.29, 1.82) is 0 Å². The third-order valence-corrected chi connectivity index (χ3v) is 3.40. The molecule has 1 aromatic carbocycles. The molecule has 5 nitrogen and oxygen atoms in total. The highest BCUT2D eigenvalue weighted by atomic mass is 31.2. The molecular formula is C13H15F3NO4P-2. The monoisotopic (exact) mass is 337 g/mol. The van der Waals surface area contributed by atoms with Gasteiger partial charge in [-0.25, -0.2) is 0 Å². The van der Waals surface area contributed by atoms with Crippen LogP contribution in [0.5, 0.6) is 0 Å². The Balaban J connectivity index is 3.19. The predicted molar refractivity (Wildman–Crippen MR) is 70.7 cm³/mol.